The minimum Gasteiger partial charge on any atom is -0.444 e. The minimum atomic E-state index is -1.15. The van der Waals surface area contributed by atoms with Crippen LogP contribution in [0.25, 0.3) is 0 Å². The van der Waals surface area contributed by atoms with E-state index in [1.165, 1.54) is 0 Å². The number of halogens is 3. The zero-order valence-corrected chi connectivity index (χ0v) is 9.70. The van der Waals surface area contributed by atoms with E-state index < -0.39 is 16.4 Å². The third-order valence-corrected chi connectivity index (χ3v) is 2.12. The van der Waals surface area contributed by atoms with Crippen molar-refractivity contribution in [2.24, 2.45) is 0 Å². The predicted molar refractivity (Wildman–Crippen MR) is 55.4 cm³/mol. The summed E-state index contributed by atoms with van der Waals surface area (Å²) in [6.07, 6.45) is 3.76. The SMILES string of the molecule is CCCCCC(Cl)OC(=O)C(Cl)Cl. The Morgan fingerprint density at radius 2 is 1.92 bits per heavy atom. The molecule has 0 aromatic heterocycles. The van der Waals surface area contributed by atoms with Gasteiger partial charge in [-0.1, -0.05) is 54.6 Å². The standard InChI is InChI=1S/C8H13Cl3O2/c1-2-3-4-5-6(9)13-8(12)7(10)11/h6-7H,2-5H2,1H3. The Morgan fingerprint density at radius 3 is 2.38 bits per heavy atom. The number of carbonyl (C=O) groups is 1. The van der Waals surface area contributed by atoms with Gasteiger partial charge in [0.05, 0.1) is 0 Å². The van der Waals surface area contributed by atoms with Gasteiger partial charge >= 0.3 is 5.97 Å². The van der Waals surface area contributed by atoms with Crippen molar-refractivity contribution in [2.45, 2.75) is 43.0 Å². The van der Waals surface area contributed by atoms with E-state index in [2.05, 4.69) is 6.92 Å². The largest absolute Gasteiger partial charge is 0.444 e. The summed E-state index contributed by atoms with van der Waals surface area (Å²) >= 11 is 16.2. The predicted octanol–water partition coefficient (Wildman–Crippen LogP) is 3.48. The van der Waals surface area contributed by atoms with E-state index in [1.54, 1.807) is 0 Å². The molecule has 0 bridgehead atoms. The van der Waals surface area contributed by atoms with Gasteiger partial charge in [-0.15, -0.1) is 0 Å². The zero-order chi connectivity index (χ0) is 10.3. The molecule has 0 saturated heterocycles. The summed E-state index contributed by atoms with van der Waals surface area (Å²) in [5, 5.41) is 0. The quantitative estimate of drug-likeness (QED) is 0.408. The first-order chi connectivity index (χ1) is 6.07. The van der Waals surface area contributed by atoms with Gasteiger partial charge in [0, 0.05) is 0 Å². The molecule has 2 nitrogen and oxygen atoms in total. The molecule has 78 valence electrons. The maximum absolute atomic E-state index is 10.8. The first-order valence-corrected chi connectivity index (χ1v) is 5.51. The van der Waals surface area contributed by atoms with Crippen molar-refractivity contribution in [3.8, 4) is 0 Å². The molecular formula is C8H13Cl3O2. The van der Waals surface area contributed by atoms with Crippen LogP contribution >= 0.6 is 34.8 Å². The molecule has 0 aliphatic heterocycles. The van der Waals surface area contributed by atoms with Crippen molar-refractivity contribution in [3.05, 3.63) is 0 Å². The van der Waals surface area contributed by atoms with E-state index in [9.17, 15) is 4.79 Å². The maximum atomic E-state index is 10.8. The Balaban J connectivity index is 3.50. The van der Waals surface area contributed by atoms with Gasteiger partial charge in [-0.05, 0) is 12.8 Å². The Labute approximate surface area is 93.5 Å². The maximum Gasteiger partial charge on any atom is 0.340 e. The van der Waals surface area contributed by atoms with Gasteiger partial charge < -0.3 is 4.74 Å². The molecule has 0 heterocycles. The molecule has 0 aromatic rings. The van der Waals surface area contributed by atoms with Crippen LogP contribution in [0.4, 0.5) is 0 Å². The number of hydrogen-bond acceptors (Lipinski definition) is 2. The van der Waals surface area contributed by atoms with Gasteiger partial charge in [0.25, 0.3) is 0 Å². The normalized spacial score (nSPS) is 13.0. The van der Waals surface area contributed by atoms with Crippen molar-refractivity contribution in [1.82, 2.24) is 0 Å². The highest BCUT2D eigenvalue weighted by Gasteiger charge is 2.17. The monoisotopic (exact) mass is 246 g/mol. The third kappa shape index (κ3) is 7.41. The van der Waals surface area contributed by atoms with Crippen molar-refractivity contribution in [2.75, 3.05) is 0 Å². The van der Waals surface area contributed by atoms with E-state index in [4.69, 9.17) is 39.5 Å². The molecule has 0 aliphatic rings. The highest BCUT2D eigenvalue weighted by molar-refractivity contribution is 6.53. The summed E-state index contributed by atoms with van der Waals surface area (Å²) in [5.74, 6) is -0.681. The van der Waals surface area contributed by atoms with Gasteiger partial charge in [-0.25, -0.2) is 4.79 Å². The van der Waals surface area contributed by atoms with Crippen LogP contribution in [0.15, 0.2) is 0 Å². The van der Waals surface area contributed by atoms with Gasteiger partial charge in [-0.3, -0.25) is 0 Å². The average Bonchev–Trinajstić information content (AvgIpc) is 2.04. The summed E-state index contributed by atoms with van der Waals surface area (Å²) in [5.41, 5.74) is -0.612. The molecule has 0 fully saturated rings. The fourth-order valence-electron chi connectivity index (χ4n) is 0.791. The second-order valence-electron chi connectivity index (χ2n) is 2.64. The molecule has 0 amide bonds. The molecule has 1 atom stereocenters. The van der Waals surface area contributed by atoms with Gasteiger partial charge in [0.1, 0.15) is 0 Å². The van der Waals surface area contributed by atoms with Crippen molar-refractivity contribution < 1.29 is 9.53 Å². The van der Waals surface area contributed by atoms with Gasteiger partial charge in [-0.2, -0.15) is 0 Å². The lowest BCUT2D eigenvalue weighted by molar-refractivity contribution is -0.143. The first kappa shape index (κ1) is 13.3. The van der Waals surface area contributed by atoms with Crippen LogP contribution in [0.5, 0.6) is 0 Å². The summed E-state index contributed by atoms with van der Waals surface area (Å²) in [7, 11) is 0. The summed E-state index contributed by atoms with van der Waals surface area (Å²) in [6.45, 7) is 2.09. The van der Waals surface area contributed by atoms with E-state index in [-0.39, 0.29) is 0 Å². The Morgan fingerprint density at radius 1 is 1.31 bits per heavy atom. The van der Waals surface area contributed by atoms with Crippen molar-refractivity contribution >= 4 is 40.8 Å². The average molecular weight is 248 g/mol. The van der Waals surface area contributed by atoms with Crippen LogP contribution in [0.3, 0.4) is 0 Å². The van der Waals surface area contributed by atoms with E-state index in [0.29, 0.717) is 6.42 Å². The molecule has 5 heteroatoms. The minimum absolute atomic E-state index is 0.612. The number of carbonyl (C=O) groups excluding carboxylic acids is 1. The number of unbranched alkanes of at least 4 members (excludes halogenated alkanes) is 2. The molecular weight excluding hydrogens is 234 g/mol. The number of hydrogen-bond donors (Lipinski definition) is 0. The number of esters is 1. The van der Waals surface area contributed by atoms with Crippen LogP contribution in [-0.2, 0) is 9.53 Å². The van der Waals surface area contributed by atoms with Crippen molar-refractivity contribution in [3.63, 3.8) is 0 Å². The molecule has 0 saturated carbocycles. The first-order valence-electron chi connectivity index (χ1n) is 4.20. The lowest BCUT2D eigenvalue weighted by Crippen LogP contribution is -2.17. The Kier molecular flexibility index (Phi) is 7.92. The third-order valence-electron chi connectivity index (χ3n) is 1.46. The number of alkyl halides is 3. The molecule has 0 rings (SSSR count). The van der Waals surface area contributed by atoms with Gasteiger partial charge in [0.2, 0.25) is 4.84 Å². The van der Waals surface area contributed by atoms with E-state index in [1.807, 2.05) is 0 Å². The summed E-state index contributed by atoms with van der Waals surface area (Å²) in [4.78, 5) is 9.67. The summed E-state index contributed by atoms with van der Waals surface area (Å²) < 4.78 is 4.72. The zero-order valence-electron chi connectivity index (χ0n) is 7.43. The smallest absolute Gasteiger partial charge is 0.340 e. The van der Waals surface area contributed by atoms with Gasteiger partial charge in [0.15, 0.2) is 5.56 Å². The molecule has 13 heavy (non-hydrogen) atoms. The van der Waals surface area contributed by atoms with Crippen LogP contribution in [0.1, 0.15) is 32.6 Å². The highest BCUT2D eigenvalue weighted by atomic mass is 35.5. The van der Waals surface area contributed by atoms with Crippen LogP contribution in [0.2, 0.25) is 0 Å². The summed E-state index contributed by atoms with van der Waals surface area (Å²) in [6, 6.07) is 0. The molecule has 0 radical (unpaired) electrons. The second kappa shape index (κ2) is 7.72. The second-order valence-corrected chi connectivity index (χ2v) is 4.23. The molecule has 0 N–H and O–H groups in total. The lowest BCUT2D eigenvalue weighted by atomic mass is 10.2. The number of rotatable bonds is 6. The molecule has 0 aromatic carbocycles. The molecule has 0 spiro atoms. The van der Waals surface area contributed by atoms with Crippen molar-refractivity contribution in [1.29, 1.82) is 0 Å². The van der Waals surface area contributed by atoms with E-state index in [0.717, 1.165) is 19.3 Å². The molecule has 1 unspecified atom stereocenters. The fraction of sp³-hybridized carbons (Fsp3) is 0.875. The number of ether oxygens (including phenoxy) is 1. The highest BCUT2D eigenvalue weighted by Crippen LogP contribution is 2.13. The topological polar surface area (TPSA) is 26.3 Å². The molecule has 0 aliphatic carbocycles. The lowest BCUT2D eigenvalue weighted by Gasteiger charge is -2.10. The van der Waals surface area contributed by atoms with Crippen LogP contribution in [0, 0.1) is 0 Å². The Bertz CT molecular complexity index is 150. The fourth-order valence-corrected chi connectivity index (χ4v) is 1.14. The Hall–Kier alpha value is 0.340. The van der Waals surface area contributed by atoms with E-state index >= 15 is 0 Å². The van der Waals surface area contributed by atoms with Crippen LogP contribution < -0.4 is 0 Å². The van der Waals surface area contributed by atoms with Crippen LogP contribution in [-0.4, -0.2) is 16.4 Å².